The number of carbonyl (C=O) groups is 2. The third-order valence-electron chi connectivity index (χ3n) is 5.05. The number of carbonyl (C=O) groups excluding carboxylic acids is 2. The van der Waals surface area contributed by atoms with E-state index in [0.717, 1.165) is 24.1 Å². The summed E-state index contributed by atoms with van der Waals surface area (Å²) < 4.78 is 5.41. The molecule has 0 bridgehead atoms. The lowest BCUT2D eigenvalue weighted by molar-refractivity contribution is -0.123. The molecule has 1 aliphatic carbocycles. The number of nitrogens with zero attached hydrogens (tertiary/aromatic N) is 1. The van der Waals surface area contributed by atoms with Crippen LogP contribution in [0.2, 0.25) is 5.02 Å². The van der Waals surface area contributed by atoms with Crippen molar-refractivity contribution in [3.05, 3.63) is 65.2 Å². The lowest BCUT2D eigenvalue weighted by atomic mass is 9.93. The molecule has 2 aromatic carbocycles. The van der Waals surface area contributed by atoms with Gasteiger partial charge in [0, 0.05) is 10.7 Å². The second kappa shape index (κ2) is 7.61. The Hall–Kier alpha value is -2.53. The predicted octanol–water partition coefficient (Wildman–Crippen LogP) is 3.98. The highest BCUT2D eigenvalue weighted by Gasteiger charge is 2.38. The van der Waals surface area contributed by atoms with Gasteiger partial charge in [-0.05, 0) is 48.6 Å². The van der Waals surface area contributed by atoms with Gasteiger partial charge in [0.15, 0.2) is 0 Å². The number of nitrogens with one attached hydrogen (secondary N) is 1. The van der Waals surface area contributed by atoms with Crippen molar-refractivity contribution in [2.24, 2.45) is 5.92 Å². The number of cyclic esters (lactones) is 1. The number of para-hydroxylation sites is 1. The van der Waals surface area contributed by atoms with Crippen LogP contribution >= 0.6 is 11.6 Å². The fourth-order valence-electron chi connectivity index (χ4n) is 3.51. The topological polar surface area (TPSA) is 58.6 Å². The Labute approximate surface area is 163 Å². The largest absolute Gasteiger partial charge is 0.442 e. The van der Waals surface area contributed by atoms with Gasteiger partial charge in [-0.25, -0.2) is 4.79 Å². The third kappa shape index (κ3) is 4.08. The smallest absolute Gasteiger partial charge is 0.414 e. The molecule has 2 aliphatic rings. The molecule has 0 spiro atoms. The molecule has 0 aromatic heterocycles. The van der Waals surface area contributed by atoms with E-state index in [1.165, 1.54) is 0 Å². The minimum atomic E-state index is -0.378. The first-order valence-electron chi connectivity index (χ1n) is 9.18. The van der Waals surface area contributed by atoms with E-state index in [-0.39, 0.29) is 24.0 Å². The molecule has 140 valence electrons. The van der Waals surface area contributed by atoms with Crippen LogP contribution in [0, 0.1) is 5.92 Å². The maximum Gasteiger partial charge on any atom is 0.414 e. The Morgan fingerprint density at radius 3 is 2.52 bits per heavy atom. The Balaban J connectivity index is 1.37. The minimum Gasteiger partial charge on any atom is -0.442 e. The van der Waals surface area contributed by atoms with Gasteiger partial charge in [-0.2, -0.15) is 0 Å². The summed E-state index contributed by atoms with van der Waals surface area (Å²) in [4.78, 5) is 26.5. The van der Waals surface area contributed by atoms with Crippen LogP contribution in [0.1, 0.15) is 24.3 Å². The first kappa shape index (κ1) is 17.9. The molecule has 2 atom stereocenters. The molecule has 2 unspecified atom stereocenters. The van der Waals surface area contributed by atoms with Gasteiger partial charge in [0.25, 0.3) is 0 Å². The monoisotopic (exact) mass is 384 g/mol. The van der Waals surface area contributed by atoms with Gasteiger partial charge >= 0.3 is 6.09 Å². The van der Waals surface area contributed by atoms with E-state index >= 15 is 0 Å². The zero-order chi connectivity index (χ0) is 18.8. The van der Waals surface area contributed by atoms with Crippen LogP contribution < -0.4 is 10.2 Å². The van der Waals surface area contributed by atoms with Crippen LogP contribution in [-0.2, 0) is 9.53 Å². The molecule has 1 saturated carbocycles. The van der Waals surface area contributed by atoms with Gasteiger partial charge in [0.2, 0.25) is 5.91 Å². The summed E-state index contributed by atoms with van der Waals surface area (Å²) in [5, 5.41) is 3.64. The third-order valence-corrected chi connectivity index (χ3v) is 5.30. The molecule has 2 amide bonds. The number of anilines is 1. The number of amides is 2. The van der Waals surface area contributed by atoms with Gasteiger partial charge in [0.1, 0.15) is 6.10 Å². The van der Waals surface area contributed by atoms with Crippen molar-refractivity contribution < 1.29 is 14.3 Å². The lowest BCUT2D eigenvalue weighted by Crippen LogP contribution is -2.37. The molecule has 6 heteroatoms. The summed E-state index contributed by atoms with van der Waals surface area (Å²) in [6.45, 7) is 0.739. The van der Waals surface area contributed by atoms with Crippen molar-refractivity contribution in [3.63, 3.8) is 0 Å². The number of hydrogen-bond acceptors (Lipinski definition) is 3. The number of rotatable bonds is 6. The lowest BCUT2D eigenvalue weighted by Gasteiger charge is -2.18. The molecule has 27 heavy (non-hydrogen) atoms. The fourth-order valence-corrected chi connectivity index (χ4v) is 3.63. The van der Waals surface area contributed by atoms with Crippen LogP contribution in [0.4, 0.5) is 10.5 Å². The Morgan fingerprint density at radius 2 is 1.85 bits per heavy atom. The van der Waals surface area contributed by atoms with Gasteiger partial charge in [-0.1, -0.05) is 41.9 Å². The average Bonchev–Trinajstić information content (AvgIpc) is 3.44. The van der Waals surface area contributed by atoms with Gasteiger partial charge in [0.05, 0.1) is 19.0 Å². The zero-order valence-corrected chi connectivity index (χ0v) is 15.6. The van der Waals surface area contributed by atoms with Crippen LogP contribution in [0.25, 0.3) is 0 Å². The second-order valence-corrected chi connectivity index (χ2v) is 7.50. The molecule has 0 radical (unpaired) electrons. The summed E-state index contributed by atoms with van der Waals surface area (Å²) in [5.41, 5.74) is 1.78. The van der Waals surface area contributed by atoms with Gasteiger partial charge < -0.3 is 10.1 Å². The SMILES string of the molecule is O=C(NCC1CN(c2ccccc2)C(=O)O1)C(c1ccc(Cl)cc1)C1CC1. The van der Waals surface area contributed by atoms with Crippen molar-refractivity contribution in [3.8, 4) is 0 Å². The first-order chi connectivity index (χ1) is 13.1. The van der Waals surface area contributed by atoms with Crippen molar-refractivity contribution in [2.75, 3.05) is 18.0 Å². The summed E-state index contributed by atoms with van der Waals surface area (Å²) >= 11 is 5.96. The number of ether oxygens (including phenoxy) is 1. The summed E-state index contributed by atoms with van der Waals surface area (Å²) in [6, 6.07) is 16.9. The molecular formula is C21H21ClN2O3. The maximum absolute atomic E-state index is 12.8. The van der Waals surface area contributed by atoms with E-state index in [1.807, 2.05) is 54.6 Å². The average molecular weight is 385 g/mol. The van der Waals surface area contributed by atoms with Gasteiger partial charge in [-0.3, -0.25) is 9.69 Å². The van der Waals surface area contributed by atoms with Crippen molar-refractivity contribution >= 4 is 29.3 Å². The molecule has 1 N–H and O–H groups in total. The van der Waals surface area contributed by atoms with E-state index in [1.54, 1.807) is 4.90 Å². The molecular weight excluding hydrogens is 364 g/mol. The zero-order valence-electron chi connectivity index (χ0n) is 14.8. The molecule has 2 fully saturated rings. The quantitative estimate of drug-likeness (QED) is 0.819. The Bertz CT molecular complexity index is 821. The van der Waals surface area contributed by atoms with Gasteiger partial charge in [-0.15, -0.1) is 0 Å². The van der Waals surface area contributed by atoms with Crippen LogP contribution in [0.15, 0.2) is 54.6 Å². The van der Waals surface area contributed by atoms with E-state index in [4.69, 9.17) is 16.3 Å². The van der Waals surface area contributed by atoms with E-state index in [9.17, 15) is 9.59 Å². The molecule has 4 rings (SSSR count). The van der Waals surface area contributed by atoms with Crippen molar-refractivity contribution in [1.82, 2.24) is 5.32 Å². The second-order valence-electron chi connectivity index (χ2n) is 7.06. The fraction of sp³-hybridized carbons (Fsp3) is 0.333. The predicted molar refractivity (Wildman–Crippen MR) is 104 cm³/mol. The van der Waals surface area contributed by atoms with Crippen molar-refractivity contribution in [1.29, 1.82) is 0 Å². The number of halogens is 1. The van der Waals surface area contributed by atoms with E-state index in [0.29, 0.717) is 24.0 Å². The Kier molecular flexibility index (Phi) is 5.03. The number of benzene rings is 2. The summed E-state index contributed by atoms with van der Waals surface area (Å²) in [7, 11) is 0. The molecule has 1 heterocycles. The molecule has 2 aromatic rings. The van der Waals surface area contributed by atoms with E-state index < -0.39 is 0 Å². The normalized spacial score (nSPS) is 20.3. The highest BCUT2D eigenvalue weighted by molar-refractivity contribution is 6.30. The minimum absolute atomic E-state index is 0.0194. The van der Waals surface area contributed by atoms with E-state index in [2.05, 4.69) is 5.32 Å². The summed E-state index contributed by atoms with van der Waals surface area (Å²) in [6.07, 6.45) is 1.38. The van der Waals surface area contributed by atoms with Crippen LogP contribution in [-0.4, -0.2) is 31.2 Å². The molecule has 1 saturated heterocycles. The maximum atomic E-state index is 12.8. The number of hydrogen-bond donors (Lipinski definition) is 1. The highest BCUT2D eigenvalue weighted by Crippen LogP contribution is 2.43. The van der Waals surface area contributed by atoms with Crippen LogP contribution in [0.3, 0.4) is 0 Å². The Morgan fingerprint density at radius 1 is 1.15 bits per heavy atom. The highest BCUT2D eigenvalue weighted by atomic mass is 35.5. The standard InChI is InChI=1S/C21H21ClN2O3/c22-16-10-8-15(9-11-16)19(14-6-7-14)20(25)23-12-18-13-24(21(26)27-18)17-4-2-1-3-5-17/h1-5,8-11,14,18-19H,6-7,12-13H2,(H,23,25). The first-order valence-corrected chi connectivity index (χ1v) is 9.56. The van der Waals surface area contributed by atoms with Crippen molar-refractivity contribution in [2.45, 2.75) is 24.9 Å². The molecule has 5 nitrogen and oxygen atoms in total. The summed E-state index contributed by atoms with van der Waals surface area (Å²) in [5.74, 6) is 0.178. The molecule has 1 aliphatic heterocycles. The van der Waals surface area contributed by atoms with Crippen LogP contribution in [0.5, 0.6) is 0 Å².